The molecule has 2 nitrogen and oxygen atoms in total. The average Bonchev–Trinajstić information content (AvgIpc) is 1.99. The Morgan fingerprint density at radius 1 is 1.25 bits per heavy atom. The Hall–Kier alpha value is 1.11. The molecule has 0 atom stereocenters. The van der Waals surface area contributed by atoms with Crippen LogP contribution in [0.3, 0.4) is 0 Å². The van der Waals surface area contributed by atoms with Gasteiger partial charge in [0.25, 0.3) is 0 Å². The first kappa shape index (κ1) is 13.1. The normalized spacial score (nSPS) is 8.42. The number of halogens is 2. The van der Waals surface area contributed by atoms with E-state index in [1.54, 1.807) is 12.1 Å². The molecule has 0 aromatic heterocycles. The Morgan fingerprint density at radius 3 is 2.00 bits per heavy atom. The first-order valence-electron chi connectivity index (χ1n) is 2.73. The molecule has 5 heteroatoms. The van der Waals surface area contributed by atoms with Crippen LogP contribution in [0.2, 0.25) is 0 Å². The van der Waals surface area contributed by atoms with Crippen molar-refractivity contribution in [2.75, 3.05) is 0 Å². The Labute approximate surface area is 130 Å². The van der Waals surface area contributed by atoms with Gasteiger partial charge in [0.05, 0.1) is 20.6 Å². The van der Waals surface area contributed by atoms with Gasteiger partial charge in [-0.05, 0) is 44.0 Å². The third kappa shape index (κ3) is 3.11. The molecule has 0 unspecified atom stereocenters. The summed E-state index contributed by atoms with van der Waals surface area (Å²) in [6.45, 7) is 0. The number of aromatic hydroxyl groups is 1. The number of benzene rings is 1. The van der Waals surface area contributed by atoms with Crippen LogP contribution in [-0.4, -0.2) is 56.5 Å². The van der Waals surface area contributed by atoms with E-state index in [-0.39, 0.29) is 57.1 Å². The van der Waals surface area contributed by atoms with Crippen LogP contribution in [0.5, 0.6) is 5.75 Å². The van der Waals surface area contributed by atoms with Gasteiger partial charge in [-0.25, -0.2) is 0 Å². The zero-order valence-corrected chi connectivity index (χ0v) is 8.48. The van der Waals surface area contributed by atoms with E-state index in [0.29, 0.717) is 14.5 Å². The van der Waals surface area contributed by atoms with Crippen molar-refractivity contribution in [1.29, 1.82) is 5.26 Å². The van der Waals surface area contributed by atoms with Gasteiger partial charge < -0.3 is 5.11 Å². The van der Waals surface area contributed by atoms with E-state index >= 15 is 0 Å². The van der Waals surface area contributed by atoms with E-state index in [9.17, 15) is 5.11 Å². The molecule has 0 aliphatic carbocycles. The Balaban J connectivity index is 0.00000121. The predicted octanol–water partition coefficient (Wildman–Crippen LogP) is 2.14. The van der Waals surface area contributed by atoms with Crippen LogP contribution in [0.15, 0.2) is 21.1 Å². The van der Waals surface area contributed by atoms with Gasteiger partial charge in [0, 0.05) is 0 Å². The summed E-state index contributed by atoms with van der Waals surface area (Å²) in [6, 6.07) is 5.08. The van der Waals surface area contributed by atoms with E-state index in [0.717, 1.165) is 0 Å². The molecule has 1 aromatic rings. The molecule has 1 rings (SSSR count). The molecule has 0 bridgehead atoms. The fraction of sp³-hybridized carbons (Fsp3) is 0. The van der Waals surface area contributed by atoms with Crippen molar-refractivity contribution in [3.8, 4) is 11.8 Å². The molecule has 0 saturated heterocycles. The SMILES string of the molecule is N#Cc1cc(Br)c(O)c(Br)c1.[KH]. The minimum absolute atomic E-state index is 0. The van der Waals surface area contributed by atoms with Crippen molar-refractivity contribution in [2.45, 2.75) is 0 Å². The van der Waals surface area contributed by atoms with Crippen LogP contribution in [-0.2, 0) is 0 Å². The third-order valence-electron chi connectivity index (χ3n) is 1.15. The fourth-order valence-electron chi connectivity index (χ4n) is 0.630. The summed E-state index contributed by atoms with van der Waals surface area (Å²) in [5, 5.41) is 17.7. The number of rotatable bonds is 0. The molecule has 1 N–H and O–H groups in total. The summed E-state index contributed by atoms with van der Waals surface area (Å²) in [4.78, 5) is 0. The Bertz CT molecular complexity index is 312. The standard InChI is InChI=1S/C7H3Br2NO.K.H/c8-5-1-4(3-10)2-6(9)7(5)11;;/h1-2,11H;;. The second-order valence-corrected chi connectivity index (χ2v) is 3.61. The van der Waals surface area contributed by atoms with E-state index in [4.69, 9.17) is 5.26 Å². The Morgan fingerprint density at radius 2 is 1.67 bits per heavy atom. The van der Waals surface area contributed by atoms with Gasteiger partial charge in [-0.1, -0.05) is 0 Å². The van der Waals surface area contributed by atoms with Crippen LogP contribution in [0, 0.1) is 11.3 Å². The molecule has 0 saturated carbocycles. The first-order chi connectivity index (χ1) is 5.15. The van der Waals surface area contributed by atoms with Gasteiger partial charge in [-0.3, -0.25) is 0 Å². The average molecular weight is 317 g/mol. The van der Waals surface area contributed by atoms with Gasteiger partial charge in [-0.15, -0.1) is 0 Å². The van der Waals surface area contributed by atoms with E-state index in [1.807, 2.05) is 6.07 Å². The third-order valence-corrected chi connectivity index (χ3v) is 2.35. The van der Waals surface area contributed by atoms with Crippen molar-refractivity contribution in [1.82, 2.24) is 0 Å². The van der Waals surface area contributed by atoms with Crippen LogP contribution in [0.4, 0.5) is 0 Å². The van der Waals surface area contributed by atoms with Gasteiger partial charge in [0.1, 0.15) is 5.75 Å². The van der Waals surface area contributed by atoms with Gasteiger partial charge in [0.2, 0.25) is 0 Å². The van der Waals surface area contributed by atoms with Crippen LogP contribution < -0.4 is 0 Å². The number of nitrogens with zero attached hydrogens (tertiary/aromatic N) is 1. The molecule has 0 fully saturated rings. The number of hydrogen-bond acceptors (Lipinski definition) is 2. The van der Waals surface area contributed by atoms with E-state index in [2.05, 4.69) is 31.9 Å². The van der Waals surface area contributed by atoms with Gasteiger partial charge in [0.15, 0.2) is 0 Å². The summed E-state index contributed by atoms with van der Waals surface area (Å²) in [5.74, 6) is 0.115. The van der Waals surface area contributed by atoms with Crippen molar-refractivity contribution < 1.29 is 5.11 Å². The molecule has 0 aliphatic heterocycles. The summed E-state index contributed by atoms with van der Waals surface area (Å²) >= 11 is 6.21. The summed E-state index contributed by atoms with van der Waals surface area (Å²) in [7, 11) is 0. The maximum absolute atomic E-state index is 9.22. The molecular formula is C7H4Br2KNO. The first-order valence-corrected chi connectivity index (χ1v) is 4.32. The monoisotopic (exact) mass is 315 g/mol. The number of hydrogen-bond donors (Lipinski definition) is 1. The summed E-state index contributed by atoms with van der Waals surface area (Å²) in [6.07, 6.45) is 0. The molecule has 1 aromatic carbocycles. The van der Waals surface area contributed by atoms with E-state index in [1.165, 1.54) is 0 Å². The molecule has 12 heavy (non-hydrogen) atoms. The molecule has 0 radical (unpaired) electrons. The number of phenolic OH excluding ortho intramolecular Hbond substituents is 1. The molecular weight excluding hydrogens is 313 g/mol. The van der Waals surface area contributed by atoms with Gasteiger partial charge >= 0.3 is 51.4 Å². The molecule has 0 spiro atoms. The fourth-order valence-corrected chi connectivity index (χ4v) is 1.82. The van der Waals surface area contributed by atoms with Crippen LogP contribution >= 0.6 is 31.9 Å². The minimum atomic E-state index is 0. The van der Waals surface area contributed by atoms with Gasteiger partial charge in [-0.2, -0.15) is 5.26 Å². The number of phenols is 1. The zero-order valence-electron chi connectivity index (χ0n) is 5.31. The van der Waals surface area contributed by atoms with Crippen LogP contribution in [0.25, 0.3) is 0 Å². The summed E-state index contributed by atoms with van der Waals surface area (Å²) < 4.78 is 1.03. The van der Waals surface area contributed by atoms with Crippen molar-refractivity contribution in [2.24, 2.45) is 0 Å². The second-order valence-electron chi connectivity index (χ2n) is 1.90. The zero-order chi connectivity index (χ0) is 8.43. The topological polar surface area (TPSA) is 44.0 Å². The molecule has 0 heterocycles. The van der Waals surface area contributed by atoms with Crippen molar-refractivity contribution in [3.05, 3.63) is 26.6 Å². The number of nitriles is 1. The van der Waals surface area contributed by atoms with Crippen molar-refractivity contribution >= 4 is 83.2 Å². The summed E-state index contributed by atoms with van der Waals surface area (Å²) in [5.41, 5.74) is 0.501. The van der Waals surface area contributed by atoms with Crippen molar-refractivity contribution in [3.63, 3.8) is 0 Å². The molecule has 58 valence electrons. The second kappa shape index (κ2) is 5.76. The quantitative estimate of drug-likeness (QED) is 0.745. The van der Waals surface area contributed by atoms with E-state index < -0.39 is 0 Å². The predicted molar refractivity (Wildman–Crippen MR) is 55.4 cm³/mol. The molecule has 0 aliphatic rings. The molecule has 0 amide bonds. The Kier molecular flexibility index (Phi) is 6.29. The van der Waals surface area contributed by atoms with Crippen LogP contribution in [0.1, 0.15) is 5.56 Å². The maximum atomic E-state index is 9.22.